The van der Waals surface area contributed by atoms with Crippen LogP contribution in [0.25, 0.3) is 0 Å². The summed E-state index contributed by atoms with van der Waals surface area (Å²) in [6.07, 6.45) is 0.926. The van der Waals surface area contributed by atoms with E-state index in [1.54, 1.807) is 6.07 Å². The van der Waals surface area contributed by atoms with E-state index >= 15 is 0 Å². The van der Waals surface area contributed by atoms with Crippen molar-refractivity contribution in [3.8, 4) is 0 Å². The van der Waals surface area contributed by atoms with Crippen LogP contribution in [0.15, 0.2) is 23.4 Å². The van der Waals surface area contributed by atoms with Gasteiger partial charge in [-0.25, -0.2) is 4.39 Å². The third-order valence-corrected chi connectivity index (χ3v) is 2.63. The van der Waals surface area contributed by atoms with Crippen LogP contribution in [0.4, 0.5) is 4.39 Å². The van der Waals surface area contributed by atoms with Crippen molar-refractivity contribution in [2.24, 2.45) is 16.3 Å². The third-order valence-electron chi connectivity index (χ3n) is 2.63. The van der Waals surface area contributed by atoms with Gasteiger partial charge in [-0.1, -0.05) is 25.9 Å². The van der Waals surface area contributed by atoms with Crippen molar-refractivity contribution in [1.29, 1.82) is 0 Å². The lowest BCUT2D eigenvalue weighted by atomic mass is 9.93. The Labute approximate surface area is 113 Å². The molecule has 1 aromatic rings. The molecule has 106 valence electrons. The van der Waals surface area contributed by atoms with Crippen LogP contribution in [0.1, 0.15) is 38.3 Å². The van der Waals surface area contributed by atoms with Crippen molar-refractivity contribution >= 4 is 5.84 Å². The number of hydrogen-bond acceptors (Lipinski definition) is 3. The molecule has 0 saturated carbocycles. The van der Waals surface area contributed by atoms with E-state index in [1.807, 2.05) is 0 Å². The van der Waals surface area contributed by atoms with Gasteiger partial charge < -0.3 is 15.7 Å². The molecule has 0 saturated heterocycles. The summed E-state index contributed by atoms with van der Waals surface area (Å²) >= 11 is 0. The molecular formula is C14H21FN2O2. The number of halogens is 1. The fraction of sp³-hybridized carbons (Fsp3) is 0.500. The van der Waals surface area contributed by atoms with Crippen LogP contribution < -0.4 is 5.73 Å². The maximum atomic E-state index is 13.4. The van der Waals surface area contributed by atoms with Gasteiger partial charge in [-0.3, -0.25) is 0 Å². The van der Waals surface area contributed by atoms with Crippen molar-refractivity contribution in [3.05, 3.63) is 35.1 Å². The van der Waals surface area contributed by atoms with Crippen molar-refractivity contribution in [1.82, 2.24) is 0 Å². The standard InChI is InChI=1S/C14H21FN2O2/c1-14(2,3)4-5-19-9-10-6-11(13(16)17-18)8-12(15)7-10/h6-8,18H,4-5,9H2,1-3H3,(H2,16,17). The van der Waals surface area contributed by atoms with E-state index in [-0.39, 0.29) is 11.3 Å². The number of hydrogen-bond donors (Lipinski definition) is 2. The molecule has 0 aromatic heterocycles. The van der Waals surface area contributed by atoms with Gasteiger partial charge in [-0.15, -0.1) is 0 Å². The van der Waals surface area contributed by atoms with Crippen LogP contribution in [0, 0.1) is 11.2 Å². The minimum absolute atomic E-state index is 0.115. The number of ether oxygens (including phenoxy) is 1. The highest BCUT2D eigenvalue weighted by molar-refractivity contribution is 5.97. The molecule has 1 rings (SSSR count). The second kappa shape index (κ2) is 6.52. The quantitative estimate of drug-likeness (QED) is 0.284. The second-order valence-electron chi connectivity index (χ2n) is 5.70. The average Bonchev–Trinajstić information content (AvgIpc) is 2.32. The van der Waals surface area contributed by atoms with E-state index in [0.29, 0.717) is 24.3 Å². The molecule has 0 aliphatic heterocycles. The SMILES string of the molecule is CC(C)(C)CCOCc1cc(F)cc(/C(N)=N/O)c1. The summed E-state index contributed by atoms with van der Waals surface area (Å²) in [4.78, 5) is 0. The van der Waals surface area contributed by atoms with E-state index in [4.69, 9.17) is 15.7 Å². The predicted molar refractivity (Wildman–Crippen MR) is 72.6 cm³/mol. The van der Waals surface area contributed by atoms with Gasteiger partial charge in [0.2, 0.25) is 0 Å². The van der Waals surface area contributed by atoms with Gasteiger partial charge >= 0.3 is 0 Å². The number of nitrogens with zero attached hydrogens (tertiary/aromatic N) is 1. The Balaban J connectivity index is 2.62. The summed E-state index contributed by atoms with van der Waals surface area (Å²) in [6, 6.07) is 4.24. The van der Waals surface area contributed by atoms with Crippen molar-refractivity contribution in [2.75, 3.05) is 6.61 Å². The smallest absolute Gasteiger partial charge is 0.170 e. The molecule has 4 nitrogen and oxygen atoms in total. The van der Waals surface area contributed by atoms with Gasteiger partial charge in [0.15, 0.2) is 5.84 Å². The Kier molecular flexibility index (Phi) is 5.30. The minimum atomic E-state index is -0.432. The molecule has 0 unspecified atom stereocenters. The highest BCUT2D eigenvalue weighted by Gasteiger charge is 2.10. The molecule has 0 spiro atoms. The molecule has 3 N–H and O–H groups in total. The van der Waals surface area contributed by atoms with Crippen LogP contribution in [0.3, 0.4) is 0 Å². The number of nitrogens with two attached hydrogens (primary N) is 1. The maximum Gasteiger partial charge on any atom is 0.170 e. The zero-order valence-electron chi connectivity index (χ0n) is 11.6. The van der Waals surface area contributed by atoms with Gasteiger partial charge in [-0.2, -0.15) is 0 Å². The first kappa shape index (κ1) is 15.4. The molecule has 0 bridgehead atoms. The Morgan fingerprint density at radius 3 is 2.63 bits per heavy atom. The molecule has 0 amide bonds. The maximum absolute atomic E-state index is 13.4. The molecule has 0 heterocycles. The summed E-state index contributed by atoms with van der Waals surface area (Å²) in [6.45, 7) is 7.32. The Hall–Kier alpha value is -1.62. The fourth-order valence-electron chi connectivity index (χ4n) is 1.51. The second-order valence-corrected chi connectivity index (χ2v) is 5.70. The lowest BCUT2D eigenvalue weighted by Gasteiger charge is -2.17. The van der Waals surface area contributed by atoms with Crippen molar-refractivity contribution < 1.29 is 14.3 Å². The van der Waals surface area contributed by atoms with Gasteiger partial charge in [0.05, 0.1) is 6.61 Å². The number of benzene rings is 1. The van der Waals surface area contributed by atoms with E-state index < -0.39 is 5.82 Å². The number of oxime groups is 1. The molecule has 1 aromatic carbocycles. The Morgan fingerprint density at radius 1 is 1.37 bits per heavy atom. The van der Waals surface area contributed by atoms with Crippen LogP contribution >= 0.6 is 0 Å². The molecule has 5 heteroatoms. The lowest BCUT2D eigenvalue weighted by molar-refractivity contribution is 0.0960. The van der Waals surface area contributed by atoms with Gasteiger partial charge in [0.1, 0.15) is 5.82 Å². The van der Waals surface area contributed by atoms with E-state index in [0.717, 1.165) is 6.42 Å². The molecule has 0 fully saturated rings. The van der Waals surface area contributed by atoms with Crippen LogP contribution in [0.2, 0.25) is 0 Å². The topological polar surface area (TPSA) is 67.8 Å². The van der Waals surface area contributed by atoms with E-state index in [1.165, 1.54) is 12.1 Å². The summed E-state index contributed by atoms with van der Waals surface area (Å²) < 4.78 is 18.9. The first-order chi connectivity index (χ1) is 8.81. The summed E-state index contributed by atoms with van der Waals surface area (Å²) in [7, 11) is 0. The predicted octanol–water partition coefficient (Wildman–Crippen LogP) is 2.87. The summed E-state index contributed by atoms with van der Waals surface area (Å²) in [5.41, 5.74) is 6.65. The molecule has 0 atom stereocenters. The van der Waals surface area contributed by atoms with E-state index in [2.05, 4.69) is 25.9 Å². The fourth-order valence-corrected chi connectivity index (χ4v) is 1.51. The normalized spacial score (nSPS) is 12.7. The van der Waals surface area contributed by atoms with Crippen LogP contribution in [-0.4, -0.2) is 17.6 Å². The van der Waals surface area contributed by atoms with Crippen molar-refractivity contribution in [2.45, 2.75) is 33.8 Å². The summed E-state index contributed by atoms with van der Waals surface area (Å²) in [5.74, 6) is -0.547. The van der Waals surface area contributed by atoms with Crippen molar-refractivity contribution in [3.63, 3.8) is 0 Å². The largest absolute Gasteiger partial charge is 0.409 e. The lowest BCUT2D eigenvalue weighted by Crippen LogP contribution is -2.14. The molecule has 0 aliphatic carbocycles. The van der Waals surface area contributed by atoms with Crippen LogP contribution in [0.5, 0.6) is 0 Å². The Bertz CT molecular complexity index is 453. The van der Waals surface area contributed by atoms with Gasteiger partial charge in [0, 0.05) is 12.2 Å². The first-order valence-electron chi connectivity index (χ1n) is 6.17. The Morgan fingerprint density at radius 2 is 2.05 bits per heavy atom. The molecule has 19 heavy (non-hydrogen) atoms. The molecular weight excluding hydrogens is 247 g/mol. The van der Waals surface area contributed by atoms with Gasteiger partial charge in [0.25, 0.3) is 0 Å². The number of rotatable bonds is 5. The third kappa shape index (κ3) is 5.70. The first-order valence-corrected chi connectivity index (χ1v) is 6.17. The zero-order valence-corrected chi connectivity index (χ0v) is 11.6. The summed E-state index contributed by atoms with van der Waals surface area (Å²) in [5, 5.41) is 11.4. The molecule has 0 aliphatic rings. The van der Waals surface area contributed by atoms with Gasteiger partial charge in [-0.05, 0) is 35.6 Å². The highest BCUT2D eigenvalue weighted by Crippen LogP contribution is 2.18. The zero-order chi connectivity index (χ0) is 14.5. The monoisotopic (exact) mass is 268 g/mol. The number of amidine groups is 1. The minimum Gasteiger partial charge on any atom is -0.409 e. The highest BCUT2D eigenvalue weighted by atomic mass is 19.1. The average molecular weight is 268 g/mol. The van der Waals surface area contributed by atoms with Crippen LogP contribution in [-0.2, 0) is 11.3 Å². The van der Waals surface area contributed by atoms with E-state index in [9.17, 15) is 4.39 Å². The molecule has 0 radical (unpaired) electrons.